The lowest BCUT2D eigenvalue weighted by atomic mass is 10.2. The molecule has 2 aromatic carbocycles. The van der Waals surface area contributed by atoms with Crippen LogP contribution in [0.4, 0.5) is 5.69 Å². The second-order valence-corrected chi connectivity index (χ2v) is 6.07. The monoisotopic (exact) mass is 353 g/mol. The number of ether oxygens (including phenoxy) is 3. The van der Waals surface area contributed by atoms with Crippen molar-refractivity contribution < 1.29 is 19.0 Å². The molecular formula is C21H23NO4. The highest BCUT2D eigenvalue weighted by molar-refractivity contribution is 5.79. The average molecular weight is 353 g/mol. The standard InChI is InChI=1S/C21H23NO4/c1-3-24-18(14-23)12-16-8-10-17(11-9-16)25-15-19-13-22(2)20-6-4-5-7-21(20)26-19/h4-12,14,19H,3,13,15H2,1-2H3/b18-12-. The number of carbonyl (C=O) groups is 1. The van der Waals surface area contributed by atoms with Crippen molar-refractivity contribution in [3.63, 3.8) is 0 Å². The molecule has 0 amide bonds. The van der Waals surface area contributed by atoms with Gasteiger partial charge >= 0.3 is 0 Å². The van der Waals surface area contributed by atoms with Crippen LogP contribution >= 0.6 is 0 Å². The molecule has 5 heteroatoms. The third kappa shape index (κ3) is 4.36. The van der Waals surface area contributed by atoms with Gasteiger partial charge in [0, 0.05) is 7.05 Å². The number of hydrogen-bond donors (Lipinski definition) is 0. The van der Waals surface area contributed by atoms with Crippen LogP contribution in [0.1, 0.15) is 12.5 Å². The van der Waals surface area contributed by atoms with Gasteiger partial charge in [-0.3, -0.25) is 4.79 Å². The van der Waals surface area contributed by atoms with Crippen LogP contribution in [0.25, 0.3) is 6.08 Å². The maximum absolute atomic E-state index is 10.9. The third-order valence-electron chi connectivity index (χ3n) is 4.10. The highest BCUT2D eigenvalue weighted by Crippen LogP contribution is 2.32. The van der Waals surface area contributed by atoms with Gasteiger partial charge in [-0.2, -0.15) is 0 Å². The number of carbonyl (C=O) groups excluding carboxylic acids is 1. The molecule has 1 atom stereocenters. The van der Waals surface area contributed by atoms with Crippen molar-refractivity contribution in [3.05, 3.63) is 59.9 Å². The second-order valence-electron chi connectivity index (χ2n) is 6.07. The van der Waals surface area contributed by atoms with Gasteiger partial charge in [0.2, 0.25) is 0 Å². The van der Waals surface area contributed by atoms with Crippen molar-refractivity contribution in [1.29, 1.82) is 0 Å². The maximum atomic E-state index is 10.9. The van der Waals surface area contributed by atoms with Crippen LogP contribution in [0.2, 0.25) is 0 Å². The van der Waals surface area contributed by atoms with E-state index < -0.39 is 0 Å². The van der Waals surface area contributed by atoms with Gasteiger partial charge in [-0.15, -0.1) is 0 Å². The van der Waals surface area contributed by atoms with Gasteiger partial charge in [0.05, 0.1) is 18.8 Å². The lowest BCUT2D eigenvalue weighted by molar-refractivity contribution is -0.107. The molecular weight excluding hydrogens is 330 g/mol. The summed E-state index contributed by atoms with van der Waals surface area (Å²) in [5, 5.41) is 0. The van der Waals surface area contributed by atoms with Crippen LogP contribution in [0.15, 0.2) is 54.3 Å². The minimum atomic E-state index is -0.0332. The molecule has 0 N–H and O–H groups in total. The Morgan fingerprint density at radius 1 is 1.23 bits per heavy atom. The van der Waals surface area contributed by atoms with Crippen LogP contribution in [-0.2, 0) is 9.53 Å². The number of anilines is 1. The van der Waals surface area contributed by atoms with Gasteiger partial charge in [0.25, 0.3) is 0 Å². The first-order valence-corrected chi connectivity index (χ1v) is 8.69. The topological polar surface area (TPSA) is 48.0 Å². The lowest BCUT2D eigenvalue weighted by Crippen LogP contribution is -2.41. The summed E-state index contributed by atoms with van der Waals surface area (Å²) >= 11 is 0. The number of rotatable bonds is 7. The third-order valence-corrected chi connectivity index (χ3v) is 4.10. The number of hydrogen-bond acceptors (Lipinski definition) is 5. The Labute approximate surface area is 153 Å². The van der Waals surface area contributed by atoms with E-state index in [-0.39, 0.29) is 6.10 Å². The molecule has 5 nitrogen and oxygen atoms in total. The summed E-state index contributed by atoms with van der Waals surface area (Å²) in [4.78, 5) is 13.1. The van der Waals surface area contributed by atoms with Crippen LogP contribution in [-0.4, -0.2) is 39.2 Å². The fourth-order valence-corrected chi connectivity index (χ4v) is 2.87. The van der Waals surface area contributed by atoms with E-state index in [0.717, 1.165) is 29.3 Å². The van der Waals surface area contributed by atoms with Gasteiger partial charge in [0.1, 0.15) is 24.2 Å². The van der Waals surface area contributed by atoms with E-state index in [0.29, 0.717) is 25.3 Å². The highest BCUT2D eigenvalue weighted by atomic mass is 16.5. The summed E-state index contributed by atoms with van der Waals surface area (Å²) in [5.41, 5.74) is 1.98. The number of nitrogens with zero attached hydrogens (tertiary/aromatic N) is 1. The second kappa shape index (κ2) is 8.43. The molecule has 1 unspecified atom stereocenters. The van der Waals surface area contributed by atoms with Crippen molar-refractivity contribution in [2.75, 3.05) is 31.7 Å². The molecule has 26 heavy (non-hydrogen) atoms. The predicted molar refractivity (Wildman–Crippen MR) is 102 cm³/mol. The summed E-state index contributed by atoms with van der Waals surface area (Å²) in [7, 11) is 2.05. The summed E-state index contributed by atoms with van der Waals surface area (Å²) in [6.07, 6.45) is 2.38. The molecule has 0 bridgehead atoms. The van der Waals surface area contributed by atoms with Crippen molar-refractivity contribution in [2.24, 2.45) is 0 Å². The van der Waals surface area contributed by atoms with E-state index in [9.17, 15) is 4.79 Å². The van der Waals surface area contributed by atoms with E-state index in [1.807, 2.05) is 49.4 Å². The number of fused-ring (bicyclic) bond motifs is 1. The van der Waals surface area contributed by atoms with E-state index in [1.165, 1.54) is 0 Å². The molecule has 0 spiro atoms. The van der Waals surface area contributed by atoms with E-state index in [2.05, 4.69) is 18.0 Å². The predicted octanol–water partition coefficient (Wildman–Crippen LogP) is 3.54. The number of benzene rings is 2. The molecule has 0 radical (unpaired) electrons. The molecule has 0 saturated carbocycles. The Kier molecular flexibility index (Phi) is 5.79. The zero-order valence-electron chi connectivity index (χ0n) is 15.1. The first-order valence-electron chi connectivity index (χ1n) is 8.69. The van der Waals surface area contributed by atoms with Crippen molar-refractivity contribution in [3.8, 4) is 11.5 Å². The number of likely N-dealkylation sites (N-methyl/N-ethyl adjacent to an activating group) is 1. The molecule has 0 saturated heterocycles. The zero-order valence-corrected chi connectivity index (χ0v) is 15.1. The minimum absolute atomic E-state index is 0.0332. The number of para-hydroxylation sites is 2. The van der Waals surface area contributed by atoms with Gasteiger partial charge in [-0.1, -0.05) is 24.3 Å². The Bertz CT molecular complexity index is 770. The maximum Gasteiger partial charge on any atom is 0.184 e. The molecule has 1 aliphatic rings. The van der Waals surface area contributed by atoms with Crippen LogP contribution in [0, 0.1) is 0 Å². The highest BCUT2D eigenvalue weighted by Gasteiger charge is 2.23. The number of allylic oxidation sites excluding steroid dienone is 1. The van der Waals surface area contributed by atoms with Crippen LogP contribution in [0.3, 0.4) is 0 Å². The summed E-state index contributed by atoms with van der Waals surface area (Å²) in [6, 6.07) is 15.5. The fraction of sp³-hybridized carbons (Fsp3) is 0.286. The first-order chi connectivity index (χ1) is 12.7. The Morgan fingerprint density at radius 2 is 2.00 bits per heavy atom. The smallest absolute Gasteiger partial charge is 0.184 e. The zero-order chi connectivity index (χ0) is 18.4. The van der Waals surface area contributed by atoms with Crippen LogP contribution < -0.4 is 14.4 Å². The molecule has 0 aromatic heterocycles. The van der Waals surface area contributed by atoms with Gasteiger partial charge in [0.15, 0.2) is 12.0 Å². The summed E-state index contributed by atoms with van der Waals surface area (Å²) in [6.45, 7) is 3.55. The van der Waals surface area contributed by atoms with Gasteiger partial charge in [-0.25, -0.2) is 0 Å². The summed E-state index contributed by atoms with van der Waals surface area (Å²) in [5.74, 6) is 1.96. The fourth-order valence-electron chi connectivity index (χ4n) is 2.87. The van der Waals surface area contributed by atoms with Crippen molar-refractivity contribution in [1.82, 2.24) is 0 Å². The molecule has 1 aliphatic heterocycles. The average Bonchev–Trinajstić information content (AvgIpc) is 2.67. The molecule has 1 heterocycles. The Balaban J connectivity index is 1.58. The quantitative estimate of drug-likeness (QED) is 0.433. The SMILES string of the molecule is CCO/C(C=O)=C\c1ccc(OCC2CN(C)c3ccccc3O2)cc1. The Morgan fingerprint density at radius 3 is 2.73 bits per heavy atom. The lowest BCUT2D eigenvalue weighted by Gasteiger charge is -2.33. The van der Waals surface area contributed by atoms with E-state index >= 15 is 0 Å². The molecule has 0 aliphatic carbocycles. The molecule has 3 rings (SSSR count). The van der Waals surface area contributed by atoms with Crippen molar-refractivity contribution >= 4 is 18.0 Å². The van der Waals surface area contributed by atoms with E-state index in [1.54, 1.807) is 6.08 Å². The van der Waals surface area contributed by atoms with E-state index in [4.69, 9.17) is 14.2 Å². The van der Waals surface area contributed by atoms with Gasteiger partial charge in [-0.05, 0) is 42.8 Å². The first kappa shape index (κ1) is 17.9. The largest absolute Gasteiger partial charge is 0.490 e. The van der Waals surface area contributed by atoms with Crippen LogP contribution in [0.5, 0.6) is 11.5 Å². The number of aldehydes is 1. The Hall–Kier alpha value is -2.95. The molecule has 0 fully saturated rings. The molecule has 136 valence electrons. The molecule has 2 aromatic rings. The summed E-state index contributed by atoms with van der Waals surface area (Å²) < 4.78 is 17.1. The van der Waals surface area contributed by atoms with Gasteiger partial charge < -0.3 is 19.1 Å². The van der Waals surface area contributed by atoms with Crippen molar-refractivity contribution in [2.45, 2.75) is 13.0 Å². The normalized spacial score (nSPS) is 16.5. The minimum Gasteiger partial charge on any atom is -0.490 e.